The summed E-state index contributed by atoms with van der Waals surface area (Å²) in [6.07, 6.45) is -14.1. The summed E-state index contributed by atoms with van der Waals surface area (Å²) in [6.45, 7) is 2.30. The third-order valence-corrected chi connectivity index (χ3v) is 10.9. The van der Waals surface area contributed by atoms with Crippen molar-refractivity contribution in [3.63, 3.8) is 0 Å². The number of ether oxygens (including phenoxy) is 8. The van der Waals surface area contributed by atoms with Crippen LogP contribution in [0.25, 0.3) is 0 Å². The zero-order valence-corrected chi connectivity index (χ0v) is 26.1. The Balaban J connectivity index is 1.06. The Labute approximate surface area is 279 Å². The average molecular weight is 703 g/mol. The molecule has 2 saturated carbocycles. The summed E-state index contributed by atoms with van der Waals surface area (Å²) in [5.74, 6) is -3.15. The zero-order chi connectivity index (χ0) is 34.9. The normalized spacial score (nSPS) is 51.5. The lowest BCUT2D eigenvalue weighted by Crippen LogP contribution is -2.60. The van der Waals surface area contributed by atoms with E-state index in [-0.39, 0.29) is 5.57 Å². The first-order valence-corrected chi connectivity index (χ1v) is 16.2. The molecule has 3 saturated heterocycles. The Kier molecular flexibility index (Phi) is 9.59. The molecule has 18 heteroatoms. The van der Waals surface area contributed by atoms with E-state index in [4.69, 9.17) is 37.9 Å². The molecular weight excluding hydrogens is 660 g/mol. The second kappa shape index (κ2) is 13.4. The predicted molar refractivity (Wildman–Crippen MR) is 154 cm³/mol. The van der Waals surface area contributed by atoms with Crippen molar-refractivity contribution >= 4 is 5.97 Å². The maximum absolute atomic E-state index is 13.8. The Morgan fingerprint density at radius 2 is 1.45 bits per heavy atom. The van der Waals surface area contributed by atoms with Crippen LogP contribution in [0.5, 0.6) is 0 Å². The van der Waals surface area contributed by atoms with Gasteiger partial charge in [0.1, 0.15) is 66.6 Å². The topological polar surface area (TPSA) is 276 Å². The van der Waals surface area contributed by atoms with Crippen molar-refractivity contribution in [1.29, 1.82) is 0 Å². The highest BCUT2D eigenvalue weighted by Gasteiger charge is 2.77. The van der Waals surface area contributed by atoms with Crippen molar-refractivity contribution in [2.75, 3.05) is 19.8 Å². The molecule has 18 nitrogen and oxygen atoms in total. The first-order chi connectivity index (χ1) is 23.4. The van der Waals surface area contributed by atoms with E-state index in [0.717, 1.165) is 0 Å². The molecule has 0 aromatic rings. The van der Waals surface area contributed by atoms with Gasteiger partial charge < -0.3 is 83.9 Å². The lowest BCUT2D eigenvalue weighted by Gasteiger charge is -2.43. The van der Waals surface area contributed by atoms with E-state index in [9.17, 15) is 50.8 Å². The Morgan fingerprint density at radius 3 is 2.04 bits per heavy atom. The molecule has 0 radical (unpaired) electrons. The van der Waals surface area contributed by atoms with Crippen LogP contribution in [0.4, 0.5) is 0 Å². The molecule has 7 rings (SSSR count). The predicted octanol–water partition coefficient (Wildman–Crippen LogP) is -4.40. The fraction of sp³-hybridized carbons (Fsp3) is 0.774. The quantitative estimate of drug-likeness (QED) is 0.0623. The number of aliphatic hydroxyl groups excluding tert-OH is 9. The van der Waals surface area contributed by atoms with Gasteiger partial charge in [-0.2, -0.15) is 0 Å². The summed E-state index contributed by atoms with van der Waals surface area (Å²) in [4.78, 5) is 13.8. The third kappa shape index (κ3) is 5.71. The number of hydrogen-bond donors (Lipinski definition) is 9. The van der Waals surface area contributed by atoms with Crippen LogP contribution in [-0.2, 0) is 42.7 Å². The molecule has 7 aliphatic rings. The largest absolute Gasteiger partial charge is 0.472 e. The molecule has 2 aliphatic carbocycles. The van der Waals surface area contributed by atoms with Gasteiger partial charge in [0.15, 0.2) is 12.6 Å². The van der Waals surface area contributed by atoms with E-state index in [2.05, 4.69) is 6.58 Å². The van der Waals surface area contributed by atoms with E-state index < -0.39 is 141 Å². The van der Waals surface area contributed by atoms with Crippen molar-refractivity contribution < 1.29 is 88.6 Å². The maximum atomic E-state index is 13.8. The number of esters is 1. The summed E-state index contributed by atoms with van der Waals surface area (Å²) in [6, 6.07) is 0. The van der Waals surface area contributed by atoms with Crippen molar-refractivity contribution in [1.82, 2.24) is 0 Å². The van der Waals surface area contributed by atoms with Crippen molar-refractivity contribution in [2.45, 2.75) is 105 Å². The van der Waals surface area contributed by atoms with Crippen LogP contribution < -0.4 is 0 Å². The van der Waals surface area contributed by atoms with Gasteiger partial charge in [0.2, 0.25) is 12.6 Å². The average Bonchev–Trinajstić information content (AvgIpc) is 3.62. The summed E-state index contributed by atoms with van der Waals surface area (Å²) >= 11 is 0. The second-order valence-corrected chi connectivity index (χ2v) is 13.5. The first kappa shape index (κ1) is 35.1. The fourth-order valence-electron chi connectivity index (χ4n) is 8.12. The molecule has 0 spiro atoms. The fourth-order valence-corrected chi connectivity index (χ4v) is 8.12. The van der Waals surface area contributed by atoms with Crippen molar-refractivity contribution in [3.05, 3.63) is 36.3 Å². The highest BCUT2D eigenvalue weighted by Crippen LogP contribution is 2.61. The SMILES string of the molecule is C=C1CCC2C(C(=O)OC3C4C=COC(OC5OC(CO)C(O)C(O)C5O)C4C4(CO)OC34)=COC(OC3OC(CO)C(O)C(O)C3O)C12. The van der Waals surface area contributed by atoms with Crippen LogP contribution in [0, 0.1) is 23.7 Å². The van der Waals surface area contributed by atoms with E-state index >= 15 is 0 Å². The number of rotatable bonds is 9. The van der Waals surface area contributed by atoms with Crippen molar-refractivity contribution in [3.8, 4) is 0 Å². The van der Waals surface area contributed by atoms with Crippen molar-refractivity contribution in [2.24, 2.45) is 23.7 Å². The summed E-state index contributed by atoms with van der Waals surface area (Å²) in [7, 11) is 0. The molecule has 0 aromatic carbocycles. The van der Waals surface area contributed by atoms with Gasteiger partial charge in [0, 0.05) is 17.8 Å². The van der Waals surface area contributed by atoms with Gasteiger partial charge in [0.25, 0.3) is 0 Å². The molecule has 0 bridgehead atoms. The monoisotopic (exact) mass is 702 g/mol. The van der Waals surface area contributed by atoms with Crippen LogP contribution in [0.3, 0.4) is 0 Å². The second-order valence-electron chi connectivity index (χ2n) is 13.5. The molecule has 5 fully saturated rings. The van der Waals surface area contributed by atoms with Gasteiger partial charge in [-0.3, -0.25) is 0 Å². The number of fused-ring (bicyclic) bond motifs is 4. The molecule has 274 valence electrons. The minimum Gasteiger partial charge on any atom is -0.472 e. The summed E-state index contributed by atoms with van der Waals surface area (Å²) < 4.78 is 46.2. The zero-order valence-electron chi connectivity index (χ0n) is 26.1. The Morgan fingerprint density at radius 1 is 0.837 bits per heavy atom. The van der Waals surface area contributed by atoms with Gasteiger partial charge >= 0.3 is 5.97 Å². The lowest BCUT2D eigenvalue weighted by atomic mass is 9.85. The first-order valence-electron chi connectivity index (χ1n) is 16.2. The standard InChI is InChI=1S/C31H42O18/c1-10-2-3-11-13(8-43-27(16(10)11)47-29-22(39)20(37)18(35)14(6-32)44-29)26(41)46-24-12-4-5-42-28(17(12)31(9-34)25(24)49-31)48-30-23(40)21(38)19(36)15(7-33)45-30/h4-5,8,11-12,14-25,27-30,32-40H,1-3,6-7,9H2. The van der Waals surface area contributed by atoms with Gasteiger partial charge in [0.05, 0.1) is 43.8 Å². The highest BCUT2D eigenvalue weighted by atomic mass is 16.8. The number of carbonyl (C=O) groups excluding carboxylic acids is 1. The number of aliphatic hydroxyl groups is 9. The van der Waals surface area contributed by atoms with Crippen LogP contribution in [0.1, 0.15) is 12.8 Å². The summed E-state index contributed by atoms with van der Waals surface area (Å²) in [5, 5.41) is 91.2. The van der Waals surface area contributed by atoms with E-state index in [1.165, 1.54) is 12.5 Å². The number of epoxide rings is 1. The molecule has 49 heavy (non-hydrogen) atoms. The van der Waals surface area contributed by atoms with Gasteiger partial charge in [-0.15, -0.1) is 0 Å². The Hall–Kier alpha value is -2.27. The number of hydrogen-bond acceptors (Lipinski definition) is 18. The van der Waals surface area contributed by atoms with E-state index in [0.29, 0.717) is 18.4 Å². The van der Waals surface area contributed by atoms with E-state index in [1.54, 1.807) is 6.08 Å². The molecule has 19 unspecified atom stereocenters. The van der Waals surface area contributed by atoms with Gasteiger partial charge in [-0.1, -0.05) is 12.2 Å². The van der Waals surface area contributed by atoms with Crippen LogP contribution in [-0.4, -0.2) is 164 Å². The van der Waals surface area contributed by atoms with Crippen LogP contribution in [0.2, 0.25) is 0 Å². The third-order valence-electron chi connectivity index (χ3n) is 10.9. The minimum absolute atomic E-state index is 0.182. The summed E-state index contributed by atoms with van der Waals surface area (Å²) in [5.41, 5.74) is -0.365. The lowest BCUT2D eigenvalue weighted by molar-refractivity contribution is -0.344. The molecule has 19 atom stereocenters. The number of carbonyl (C=O) groups is 1. The molecular formula is C31H42O18. The minimum atomic E-state index is -1.71. The highest BCUT2D eigenvalue weighted by molar-refractivity contribution is 5.89. The van der Waals surface area contributed by atoms with Gasteiger partial charge in [-0.05, 0) is 18.9 Å². The Bertz CT molecular complexity index is 1320. The molecule has 0 amide bonds. The molecule has 5 aliphatic heterocycles. The van der Waals surface area contributed by atoms with Crippen LogP contribution >= 0.6 is 0 Å². The molecule has 9 N–H and O–H groups in total. The van der Waals surface area contributed by atoms with E-state index in [1.807, 2.05) is 0 Å². The molecule has 0 aromatic heterocycles. The van der Waals surface area contributed by atoms with Crippen LogP contribution in [0.15, 0.2) is 36.3 Å². The van der Waals surface area contributed by atoms with Gasteiger partial charge in [-0.25, -0.2) is 4.79 Å². The smallest absolute Gasteiger partial charge is 0.337 e. The molecule has 5 heterocycles. The maximum Gasteiger partial charge on any atom is 0.337 e.